The van der Waals surface area contributed by atoms with Gasteiger partial charge in [0.05, 0.1) is 0 Å². The summed E-state index contributed by atoms with van der Waals surface area (Å²) in [6.45, 7) is 0. The van der Waals surface area contributed by atoms with Crippen molar-refractivity contribution in [2.75, 3.05) is 0 Å². The maximum atomic E-state index is 5.16. The van der Waals surface area contributed by atoms with Crippen LogP contribution in [-0.2, 0) is 0 Å². The smallest absolute Gasteiger partial charge is 0.0408 e. The molecule has 0 spiro atoms. The van der Waals surface area contributed by atoms with Crippen LogP contribution in [0.25, 0.3) is 0 Å². The molecular formula is C8H4O3-2. The van der Waals surface area contributed by atoms with Crippen LogP contribution in [0.5, 0.6) is 11.5 Å². The molecule has 0 radical (unpaired) electrons. The Hall–Kier alpha value is -1.64. The molecule has 2 aromatic rings. The lowest BCUT2D eigenvalue weighted by Crippen LogP contribution is -1.76. The first-order valence-corrected chi connectivity index (χ1v) is 3.03. The highest BCUT2D eigenvalue weighted by Gasteiger charge is 1.85. The van der Waals surface area contributed by atoms with Gasteiger partial charge in [-0.25, -0.2) is 0 Å². The number of ether oxygens (including phenoxy) is 1. The van der Waals surface area contributed by atoms with Gasteiger partial charge in [-0.05, 0) is 0 Å². The van der Waals surface area contributed by atoms with Gasteiger partial charge in [-0.1, -0.05) is 12.5 Å². The van der Waals surface area contributed by atoms with Crippen LogP contribution < -0.4 is 4.74 Å². The Labute approximate surface area is 63.2 Å². The highest BCUT2D eigenvalue weighted by Crippen LogP contribution is 2.19. The minimum Gasteiger partial charge on any atom is -0.595 e. The molecule has 0 saturated carbocycles. The molecule has 0 amide bonds. The molecule has 0 aliphatic rings. The maximum Gasteiger partial charge on any atom is 0.0408 e. The molecule has 0 aliphatic heterocycles. The van der Waals surface area contributed by atoms with Gasteiger partial charge in [0.15, 0.2) is 0 Å². The third kappa shape index (κ3) is 1.26. The largest absolute Gasteiger partial charge is 0.595 e. The van der Waals surface area contributed by atoms with Gasteiger partial charge < -0.3 is 13.6 Å². The van der Waals surface area contributed by atoms with Gasteiger partial charge in [-0.2, -0.15) is 0 Å². The fourth-order valence-corrected chi connectivity index (χ4v) is 0.672. The molecule has 0 atom stereocenters. The standard InChI is InChI=1S/C8H4O3/c1-3-9-5-7(1)11-8-2-4-10-6-8/h1-4H/q-2. The van der Waals surface area contributed by atoms with Gasteiger partial charge in [0.25, 0.3) is 0 Å². The lowest BCUT2D eigenvalue weighted by atomic mass is 10.5. The molecule has 11 heavy (non-hydrogen) atoms. The third-order valence-electron chi connectivity index (χ3n) is 1.11. The SMILES string of the molecule is [c-]1occc1Oc1[c-]occ1. The maximum absolute atomic E-state index is 5.16. The van der Waals surface area contributed by atoms with E-state index in [1.54, 1.807) is 12.1 Å². The quantitative estimate of drug-likeness (QED) is 0.613. The van der Waals surface area contributed by atoms with Gasteiger partial charge in [0.2, 0.25) is 0 Å². The number of hydrogen-bond acceptors (Lipinski definition) is 3. The van der Waals surface area contributed by atoms with E-state index >= 15 is 0 Å². The zero-order valence-corrected chi connectivity index (χ0v) is 5.53. The summed E-state index contributed by atoms with van der Waals surface area (Å²) in [6, 6.07) is 3.31. The number of rotatable bonds is 2. The molecule has 0 unspecified atom stereocenters. The van der Waals surface area contributed by atoms with E-state index in [0.29, 0.717) is 11.5 Å². The van der Waals surface area contributed by atoms with E-state index in [4.69, 9.17) is 4.74 Å². The highest BCUT2D eigenvalue weighted by molar-refractivity contribution is 5.22. The van der Waals surface area contributed by atoms with E-state index in [1.807, 2.05) is 0 Å². The lowest BCUT2D eigenvalue weighted by molar-refractivity contribution is 0.448. The Bertz CT molecular complexity index is 262. The summed E-state index contributed by atoms with van der Waals surface area (Å²) in [6.07, 6.45) is 8.00. The monoisotopic (exact) mass is 148 g/mol. The normalized spacial score (nSPS) is 9.82. The molecular weight excluding hydrogens is 144 g/mol. The molecule has 2 aromatic heterocycles. The van der Waals surface area contributed by atoms with Gasteiger partial charge >= 0.3 is 0 Å². The van der Waals surface area contributed by atoms with Crippen LogP contribution >= 0.6 is 0 Å². The number of hydrogen-bond donors (Lipinski definition) is 0. The molecule has 3 nitrogen and oxygen atoms in total. The van der Waals surface area contributed by atoms with Crippen LogP contribution in [0.3, 0.4) is 0 Å². The van der Waals surface area contributed by atoms with E-state index in [1.165, 1.54) is 12.5 Å². The molecule has 0 saturated heterocycles. The average Bonchev–Trinajstić information content (AvgIpc) is 2.60. The second-order valence-electron chi connectivity index (χ2n) is 1.88. The second kappa shape index (κ2) is 2.54. The van der Waals surface area contributed by atoms with Crippen LogP contribution in [0.1, 0.15) is 0 Å². The van der Waals surface area contributed by atoms with Crippen LogP contribution in [0.2, 0.25) is 0 Å². The molecule has 2 heterocycles. The van der Waals surface area contributed by atoms with E-state index in [-0.39, 0.29) is 0 Å². The molecule has 3 heteroatoms. The van der Waals surface area contributed by atoms with E-state index in [2.05, 4.69) is 21.4 Å². The Kier molecular flexibility index (Phi) is 1.41. The van der Waals surface area contributed by atoms with Gasteiger partial charge in [-0.15, -0.1) is 12.1 Å². The second-order valence-corrected chi connectivity index (χ2v) is 1.88. The number of furan rings is 2. The summed E-state index contributed by atoms with van der Waals surface area (Å²) >= 11 is 0. The van der Waals surface area contributed by atoms with Crippen molar-refractivity contribution in [1.82, 2.24) is 0 Å². The molecule has 0 aliphatic carbocycles. The first kappa shape index (κ1) is 6.09. The lowest BCUT2D eigenvalue weighted by Gasteiger charge is -2.04. The Morgan fingerprint density at radius 1 is 1.00 bits per heavy atom. The fourth-order valence-electron chi connectivity index (χ4n) is 0.672. The summed E-state index contributed by atoms with van der Waals surface area (Å²) in [5, 5.41) is 0. The van der Waals surface area contributed by atoms with Gasteiger partial charge in [-0.3, -0.25) is 0 Å². The summed E-state index contributed by atoms with van der Waals surface area (Å²) in [5.41, 5.74) is 0. The minimum atomic E-state index is 0.516. The molecule has 0 fully saturated rings. The molecule has 2 rings (SSSR count). The van der Waals surface area contributed by atoms with E-state index in [0.717, 1.165) is 0 Å². The average molecular weight is 148 g/mol. The first-order valence-electron chi connectivity index (χ1n) is 3.03. The van der Waals surface area contributed by atoms with E-state index < -0.39 is 0 Å². The van der Waals surface area contributed by atoms with Crippen molar-refractivity contribution in [1.29, 1.82) is 0 Å². The third-order valence-corrected chi connectivity index (χ3v) is 1.11. The summed E-state index contributed by atoms with van der Waals surface area (Å²) in [4.78, 5) is 0. The van der Waals surface area contributed by atoms with Crippen molar-refractivity contribution in [3.63, 3.8) is 0 Å². The fraction of sp³-hybridized carbons (Fsp3) is 0. The summed E-state index contributed by atoms with van der Waals surface area (Å²) < 4.78 is 14.5. The zero-order valence-electron chi connectivity index (χ0n) is 5.53. The predicted molar refractivity (Wildman–Crippen MR) is 35.2 cm³/mol. The van der Waals surface area contributed by atoms with Crippen molar-refractivity contribution in [2.45, 2.75) is 0 Å². The molecule has 56 valence electrons. The van der Waals surface area contributed by atoms with Crippen molar-refractivity contribution in [2.24, 2.45) is 0 Å². The van der Waals surface area contributed by atoms with Crippen LogP contribution in [-0.4, -0.2) is 0 Å². The Morgan fingerprint density at radius 3 is 1.91 bits per heavy atom. The van der Waals surface area contributed by atoms with Crippen molar-refractivity contribution in [3.05, 3.63) is 37.2 Å². The molecule has 0 bridgehead atoms. The van der Waals surface area contributed by atoms with Crippen LogP contribution in [0.15, 0.2) is 33.5 Å². The molecule has 0 aromatic carbocycles. The zero-order chi connectivity index (χ0) is 7.52. The van der Waals surface area contributed by atoms with Gasteiger partial charge in [0.1, 0.15) is 0 Å². The van der Waals surface area contributed by atoms with Crippen molar-refractivity contribution < 1.29 is 13.6 Å². The van der Waals surface area contributed by atoms with Crippen molar-refractivity contribution >= 4 is 0 Å². The summed E-state index contributed by atoms with van der Waals surface area (Å²) in [5.74, 6) is 1.03. The van der Waals surface area contributed by atoms with Gasteiger partial charge in [0, 0.05) is 24.0 Å². The van der Waals surface area contributed by atoms with Crippen molar-refractivity contribution in [3.8, 4) is 11.5 Å². The predicted octanol–water partition coefficient (Wildman–Crippen LogP) is 2.27. The highest BCUT2D eigenvalue weighted by atomic mass is 16.5. The van der Waals surface area contributed by atoms with Crippen LogP contribution in [0, 0.1) is 12.5 Å². The topological polar surface area (TPSA) is 35.5 Å². The first-order chi connectivity index (χ1) is 5.45. The summed E-state index contributed by atoms with van der Waals surface area (Å²) in [7, 11) is 0. The Morgan fingerprint density at radius 2 is 1.55 bits per heavy atom. The molecule has 0 N–H and O–H groups in total. The van der Waals surface area contributed by atoms with Crippen LogP contribution in [0.4, 0.5) is 0 Å². The van der Waals surface area contributed by atoms with E-state index in [9.17, 15) is 0 Å². The Balaban J connectivity index is 2.14. The minimum absolute atomic E-state index is 0.516.